The predicted molar refractivity (Wildman–Crippen MR) is 77.4 cm³/mol. The van der Waals surface area contributed by atoms with Crippen LogP contribution in [0.4, 0.5) is 0 Å². The molecule has 0 aromatic heterocycles. The largest absolute Gasteiger partial charge is 0.459 e. The van der Waals surface area contributed by atoms with Crippen molar-refractivity contribution in [3.05, 3.63) is 35.9 Å². The maximum atomic E-state index is 12.1. The van der Waals surface area contributed by atoms with Crippen molar-refractivity contribution >= 4 is 5.97 Å². The molecule has 0 aliphatic carbocycles. The fourth-order valence-corrected chi connectivity index (χ4v) is 2.29. The molecule has 2 rings (SSSR count). The van der Waals surface area contributed by atoms with Gasteiger partial charge in [-0.2, -0.15) is 0 Å². The predicted octanol–water partition coefficient (Wildman–Crippen LogP) is 2.40. The van der Waals surface area contributed by atoms with Crippen LogP contribution in [-0.4, -0.2) is 42.8 Å². The van der Waals surface area contributed by atoms with Crippen molar-refractivity contribution in [2.45, 2.75) is 38.5 Å². The SMILES string of the molecule is COC[C@@H](c1ccccc1)N1CC1C(=O)OC(C)(C)C. The molecule has 0 spiro atoms. The highest BCUT2D eigenvalue weighted by molar-refractivity contribution is 5.79. The molecule has 3 atom stereocenters. The van der Waals surface area contributed by atoms with E-state index in [2.05, 4.69) is 17.0 Å². The number of nitrogens with zero attached hydrogens (tertiary/aromatic N) is 1. The molecule has 1 aliphatic rings. The van der Waals surface area contributed by atoms with Gasteiger partial charge in [0.1, 0.15) is 11.6 Å². The zero-order valence-electron chi connectivity index (χ0n) is 12.6. The molecule has 110 valence electrons. The summed E-state index contributed by atoms with van der Waals surface area (Å²) in [4.78, 5) is 14.2. The van der Waals surface area contributed by atoms with Gasteiger partial charge in [0, 0.05) is 13.7 Å². The Kier molecular flexibility index (Phi) is 4.45. The molecule has 0 saturated carbocycles. The molecule has 1 aromatic rings. The second-order valence-electron chi connectivity index (χ2n) is 6.13. The van der Waals surface area contributed by atoms with E-state index in [1.165, 1.54) is 5.56 Å². The van der Waals surface area contributed by atoms with Gasteiger partial charge in [0.15, 0.2) is 0 Å². The van der Waals surface area contributed by atoms with Gasteiger partial charge in [0.2, 0.25) is 0 Å². The first-order valence-electron chi connectivity index (χ1n) is 6.95. The topological polar surface area (TPSA) is 38.5 Å². The van der Waals surface area contributed by atoms with Gasteiger partial charge in [-0.1, -0.05) is 30.3 Å². The van der Waals surface area contributed by atoms with E-state index in [1.807, 2.05) is 39.0 Å². The number of carbonyl (C=O) groups excluding carboxylic acids is 1. The lowest BCUT2D eigenvalue weighted by molar-refractivity contribution is -0.155. The van der Waals surface area contributed by atoms with Gasteiger partial charge in [0.25, 0.3) is 0 Å². The molecule has 1 saturated heterocycles. The number of esters is 1. The normalized spacial score (nSPS) is 23.2. The van der Waals surface area contributed by atoms with Crippen LogP contribution < -0.4 is 0 Å². The minimum Gasteiger partial charge on any atom is -0.459 e. The Morgan fingerprint density at radius 1 is 1.35 bits per heavy atom. The molecule has 0 amide bonds. The van der Waals surface area contributed by atoms with Crippen LogP contribution in [0.5, 0.6) is 0 Å². The van der Waals surface area contributed by atoms with Crippen LogP contribution in [0.2, 0.25) is 0 Å². The molecule has 1 aliphatic heterocycles. The Balaban J connectivity index is 2.02. The summed E-state index contributed by atoms with van der Waals surface area (Å²) >= 11 is 0. The highest BCUT2D eigenvalue weighted by Gasteiger charge is 2.47. The highest BCUT2D eigenvalue weighted by Crippen LogP contribution is 2.33. The Bertz CT molecular complexity index is 453. The molecule has 1 aromatic carbocycles. The third-order valence-electron chi connectivity index (χ3n) is 3.24. The summed E-state index contributed by atoms with van der Waals surface area (Å²) in [6.07, 6.45) is 0. The molecule has 4 heteroatoms. The second kappa shape index (κ2) is 5.94. The van der Waals surface area contributed by atoms with Crippen molar-refractivity contribution in [1.29, 1.82) is 0 Å². The van der Waals surface area contributed by atoms with Crippen LogP contribution in [0.1, 0.15) is 32.4 Å². The lowest BCUT2D eigenvalue weighted by Crippen LogP contribution is -2.29. The van der Waals surface area contributed by atoms with Crippen LogP contribution in [0, 0.1) is 0 Å². The van der Waals surface area contributed by atoms with E-state index in [4.69, 9.17) is 9.47 Å². The molecule has 0 bridgehead atoms. The maximum Gasteiger partial charge on any atom is 0.325 e. The zero-order valence-corrected chi connectivity index (χ0v) is 12.6. The second-order valence-corrected chi connectivity index (χ2v) is 6.13. The molecule has 1 fully saturated rings. The molecule has 20 heavy (non-hydrogen) atoms. The monoisotopic (exact) mass is 277 g/mol. The minimum atomic E-state index is -0.436. The molecule has 1 heterocycles. The fourth-order valence-electron chi connectivity index (χ4n) is 2.29. The highest BCUT2D eigenvalue weighted by atomic mass is 16.6. The number of methoxy groups -OCH3 is 1. The minimum absolute atomic E-state index is 0.110. The van der Waals surface area contributed by atoms with Crippen molar-refractivity contribution < 1.29 is 14.3 Å². The van der Waals surface area contributed by atoms with E-state index in [1.54, 1.807) is 7.11 Å². The third-order valence-corrected chi connectivity index (χ3v) is 3.24. The van der Waals surface area contributed by atoms with Gasteiger partial charge in [0.05, 0.1) is 12.6 Å². The lowest BCUT2D eigenvalue weighted by atomic mass is 10.1. The number of ether oxygens (including phenoxy) is 2. The number of hydrogen-bond acceptors (Lipinski definition) is 4. The Morgan fingerprint density at radius 2 is 2.00 bits per heavy atom. The van der Waals surface area contributed by atoms with Crippen molar-refractivity contribution in [3.8, 4) is 0 Å². The first-order chi connectivity index (χ1) is 9.42. The molecule has 0 N–H and O–H groups in total. The van der Waals surface area contributed by atoms with Crippen molar-refractivity contribution in [2.75, 3.05) is 20.3 Å². The molecular weight excluding hydrogens is 254 g/mol. The maximum absolute atomic E-state index is 12.1. The summed E-state index contributed by atoms with van der Waals surface area (Å²) in [5.74, 6) is -0.144. The fraction of sp³-hybridized carbons (Fsp3) is 0.562. The van der Waals surface area contributed by atoms with Crippen molar-refractivity contribution in [1.82, 2.24) is 4.90 Å². The standard InChI is InChI=1S/C16H23NO3/c1-16(2,3)20-15(18)13-10-17(13)14(11-19-4)12-8-6-5-7-9-12/h5-9,13-14H,10-11H2,1-4H3/t13?,14-,17?/m0/s1. The summed E-state index contributed by atoms with van der Waals surface area (Å²) in [6, 6.07) is 10.1. The van der Waals surface area contributed by atoms with Crippen LogP contribution >= 0.6 is 0 Å². The summed E-state index contributed by atoms with van der Waals surface area (Å²) in [5.41, 5.74) is 0.731. The van der Waals surface area contributed by atoms with Crippen LogP contribution in [0.15, 0.2) is 30.3 Å². The van der Waals surface area contributed by atoms with Gasteiger partial charge >= 0.3 is 5.97 Å². The van der Waals surface area contributed by atoms with Gasteiger partial charge in [-0.15, -0.1) is 0 Å². The van der Waals surface area contributed by atoms with Gasteiger partial charge in [-0.05, 0) is 26.3 Å². The Morgan fingerprint density at radius 3 is 2.55 bits per heavy atom. The van der Waals surface area contributed by atoms with Gasteiger partial charge in [-0.3, -0.25) is 9.69 Å². The van der Waals surface area contributed by atoms with Crippen LogP contribution in [0.25, 0.3) is 0 Å². The Hall–Kier alpha value is -1.39. The summed E-state index contributed by atoms with van der Waals surface area (Å²) < 4.78 is 10.7. The summed E-state index contributed by atoms with van der Waals surface area (Å²) in [5, 5.41) is 0. The quantitative estimate of drug-likeness (QED) is 0.612. The van der Waals surface area contributed by atoms with Crippen LogP contribution in [-0.2, 0) is 14.3 Å². The van der Waals surface area contributed by atoms with Crippen molar-refractivity contribution in [3.63, 3.8) is 0 Å². The first kappa shape index (κ1) is 15.0. The first-order valence-corrected chi connectivity index (χ1v) is 6.95. The average Bonchev–Trinajstić information content (AvgIpc) is 3.15. The number of carbonyl (C=O) groups is 1. The van der Waals surface area contributed by atoms with Crippen LogP contribution in [0.3, 0.4) is 0 Å². The molecular formula is C16H23NO3. The lowest BCUT2D eigenvalue weighted by Gasteiger charge is -2.21. The zero-order chi connectivity index (χ0) is 14.8. The number of hydrogen-bond donors (Lipinski definition) is 0. The van der Waals surface area contributed by atoms with E-state index < -0.39 is 5.60 Å². The smallest absolute Gasteiger partial charge is 0.325 e. The van der Waals surface area contributed by atoms with E-state index in [0.29, 0.717) is 6.61 Å². The number of rotatable bonds is 5. The molecule has 4 nitrogen and oxygen atoms in total. The van der Waals surface area contributed by atoms with Gasteiger partial charge in [-0.25, -0.2) is 0 Å². The Labute approximate surface area is 120 Å². The summed E-state index contributed by atoms with van der Waals surface area (Å²) in [7, 11) is 1.68. The van der Waals surface area contributed by atoms with E-state index in [-0.39, 0.29) is 18.1 Å². The summed E-state index contributed by atoms with van der Waals surface area (Å²) in [6.45, 7) is 6.98. The van der Waals surface area contributed by atoms with E-state index >= 15 is 0 Å². The van der Waals surface area contributed by atoms with Gasteiger partial charge < -0.3 is 9.47 Å². The molecule has 2 unspecified atom stereocenters. The number of benzene rings is 1. The third kappa shape index (κ3) is 3.81. The van der Waals surface area contributed by atoms with Crippen molar-refractivity contribution in [2.24, 2.45) is 0 Å². The average molecular weight is 277 g/mol. The molecule has 0 radical (unpaired) electrons. The van der Waals surface area contributed by atoms with E-state index in [0.717, 1.165) is 6.54 Å². The van der Waals surface area contributed by atoms with E-state index in [9.17, 15) is 4.79 Å².